The van der Waals surface area contributed by atoms with Crippen molar-refractivity contribution >= 4 is 21.6 Å². The zero-order chi connectivity index (χ0) is 10.9. The highest BCUT2D eigenvalue weighted by Gasteiger charge is 2.31. The molecule has 6 heteroatoms. The Bertz CT molecular complexity index is 328. The Morgan fingerprint density at radius 2 is 1.93 bits per heavy atom. The molecule has 0 saturated carbocycles. The van der Waals surface area contributed by atoms with E-state index in [0.717, 1.165) is 0 Å². The smallest absolute Gasteiger partial charge is 0.406 e. The molecular formula is C8H7BrF3NO. The number of aryl methyl sites for hydroxylation is 1. The Hall–Kier alpha value is -0.910. The molecule has 1 aromatic rings. The number of halogens is 4. The van der Waals surface area contributed by atoms with Crippen LogP contribution >= 0.6 is 15.9 Å². The summed E-state index contributed by atoms with van der Waals surface area (Å²) >= 11 is 3.03. The first-order valence-corrected chi connectivity index (χ1v) is 4.40. The summed E-state index contributed by atoms with van der Waals surface area (Å²) in [5.74, 6) is -0.281. The van der Waals surface area contributed by atoms with E-state index in [2.05, 4.69) is 20.7 Å². The second-order valence-corrected chi connectivity index (χ2v) is 3.54. The number of alkyl halides is 3. The van der Waals surface area contributed by atoms with Crippen molar-refractivity contribution < 1.29 is 17.9 Å². The van der Waals surface area contributed by atoms with Gasteiger partial charge in [0.1, 0.15) is 5.75 Å². The molecule has 2 nitrogen and oxygen atoms in total. The third-order valence-corrected chi connectivity index (χ3v) is 2.20. The fourth-order valence-electron chi connectivity index (χ4n) is 0.916. The third kappa shape index (κ3) is 2.80. The van der Waals surface area contributed by atoms with Crippen LogP contribution in [0.2, 0.25) is 0 Å². The third-order valence-electron chi connectivity index (χ3n) is 1.54. The quantitative estimate of drug-likeness (QED) is 0.795. The molecule has 0 amide bonds. The van der Waals surface area contributed by atoms with Crippen LogP contribution in [-0.4, -0.2) is 6.36 Å². The van der Waals surface area contributed by atoms with Crippen molar-refractivity contribution in [1.29, 1.82) is 0 Å². The molecule has 2 N–H and O–H groups in total. The Morgan fingerprint density at radius 1 is 1.36 bits per heavy atom. The second kappa shape index (κ2) is 3.68. The second-order valence-electron chi connectivity index (χ2n) is 2.68. The summed E-state index contributed by atoms with van der Waals surface area (Å²) in [6, 6.07) is 2.41. The highest BCUT2D eigenvalue weighted by Crippen LogP contribution is 2.31. The number of hydrogen-bond acceptors (Lipinski definition) is 2. The van der Waals surface area contributed by atoms with Crippen LogP contribution in [0.15, 0.2) is 16.6 Å². The monoisotopic (exact) mass is 269 g/mol. The van der Waals surface area contributed by atoms with Gasteiger partial charge in [0.15, 0.2) is 0 Å². The van der Waals surface area contributed by atoms with Crippen LogP contribution in [0.3, 0.4) is 0 Å². The molecule has 0 atom stereocenters. The van der Waals surface area contributed by atoms with Gasteiger partial charge >= 0.3 is 6.36 Å². The van der Waals surface area contributed by atoms with Gasteiger partial charge in [-0.25, -0.2) is 0 Å². The molecule has 0 heterocycles. The van der Waals surface area contributed by atoms with Crippen molar-refractivity contribution in [2.75, 3.05) is 5.73 Å². The van der Waals surface area contributed by atoms with Gasteiger partial charge in [0.2, 0.25) is 0 Å². The minimum Gasteiger partial charge on any atom is -0.406 e. The van der Waals surface area contributed by atoms with Gasteiger partial charge in [0.05, 0.1) is 0 Å². The molecule has 0 aliphatic rings. The van der Waals surface area contributed by atoms with E-state index in [-0.39, 0.29) is 5.75 Å². The molecule has 78 valence electrons. The van der Waals surface area contributed by atoms with E-state index in [1.54, 1.807) is 6.92 Å². The Labute approximate surface area is 87.0 Å². The summed E-state index contributed by atoms with van der Waals surface area (Å²) in [4.78, 5) is 0. The lowest BCUT2D eigenvalue weighted by Crippen LogP contribution is -2.17. The van der Waals surface area contributed by atoms with Crippen LogP contribution in [0.25, 0.3) is 0 Å². The summed E-state index contributed by atoms with van der Waals surface area (Å²) in [5.41, 5.74) is 6.46. The summed E-state index contributed by atoms with van der Waals surface area (Å²) in [6.45, 7) is 1.60. The molecule has 1 rings (SSSR count). The topological polar surface area (TPSA) is 35.2 Å². The van der Waals surface area contributed by atoms with Crippen molar-refractivity contribution in [2.45, 2.75) is 13.3 Å². The molecule has 0 radical (unpaired) electrons. The van der Waals surface area contributed by atoms with E-state index >= 15 is 0 Å². The van der Waals surface area contributed by atoms with Gasteiger partial charge in [-0.05, 0) is 40.5 Å². The van der Waals surface area contributed by atoms with E-state index in [9.17, 15) is 13.2 Å². The van der Waals surface area contributed by atoms with E-state index in [1.165, 1.54) is 12.1 Å². The van der Waals surface area contributed by atoms with Crippen molar-refractivity contribution in [1.82, 2.24) is 0 Å². The predicted octanol–water partition coefficient (Wildman–Crippen LogP) is 3.24. The molecule has 0 unspecified atom stereocenters. The molecular weight excluding hydrogens is 263 g/mol. The Kier molecular flexibility index (Phi) is 2.94. The number of anilines is 1. The highest BCUT2D eigenvalue weighted by atomic mass is 79.9. The maximum Gasteiger partial charge on any atom is 0.573 e. The Balaban J connectivity index is 3.02. The number of ether oxygens (including phenoxy) is 1. The van der Waals surface area contributed by atoms with E-state index in [0.29, 0.717) is 15.7 Å². The normalized spacial score (nSPS) is 11.5. The minimum atomic E-state index is -4.68. The SMILES string of the molecule is Cc1cc(OC(F)(F)F)cc(Br)c1N. The van der Waals surface area contributed by atoms with Crippen LogP contribution < -0.4 is 10.5 Å². The van der Waals surface area contributed by atoms with Gasteiger partial charge in [0.25, 0.3) is 0 Å². The number of benzene rings is 1. The predicted molar refractivity (Wildman–Crippen MR) is 50.0 cm³/mol. The molecule has 14 heavy (non-hydrogen) atoms. The standard InChI is InChI=1S/C8H7BrF3NO/c1-4-2-5(14-8(10,11)12)3-6(9)7(4)13/h2-3H,13H2,1H3. The first-order chi connectivity index (χ1) is 6.29. The molecule has 0 saturated heterocycles. The maximum absolute atomic E-state index is 11.8. The lowest BCUT2D eigenvalue weighted by Gasteiger charge is -2.11. The van der Waals surface area contributed by atoms with Crippen molar-refractivity contribution in [3.63, 3.8) is 0 Å². The van der Waals surface area contributed by atoms with Gasteiger partial charge in [-0.3, -0.25) is 0 Å². The minimum absolute atomic E-state index is 0.281. The van der Waals surface area contributed by atoms with Gasteiger partial charge in [-0.15, -0.1) is 13.2 Å². The fourth-order valence-corrected chi connectivity index (χ4v) is 1.45. The van der Waals surface area contributed by atoms with E-state index in [1.807, 2.05) is 0 Å². The summed E-state index contributed by atoms with van der Waals surface area (Å²) < 4.78 is 39.6. The van der Waals surface area contributed by atoms with Crippen molar-refractivity contribution in [3.8, 4) is 5.75 Å². The molecule has 0 bridgehead atoms. The molecule has 0 spiro atoms. The van der Waals surface area contributed by atoms with Gasteiger partial charge in [0, 0.05) is 10.2 Å². The van der Waals surface area contributed by atoms with Gasteiger partial charge in [-0.2, -0.15) is 0 Å². The molecule has 0 aliphatic carbocycles. The zero-order valence-corrected chi connectivity index (χ0v) is 8.74. The number of rotatable bonds is 1. The highest BCUT2D eigenvalue weighted by molar-refractivity contribution is 9.10. The first kappa shape index (κ1) is 11.2. The van der Waals surface area contributed by atoms with Crippen molar-refractivity contribution in [3.05, 3.63) is 22.2 Å². The first-order valence-electron chi connectivity index (χ1n) is 3.61. The van der Waals surface area contributed by atoms with Gasteiger partial charge < -0.3 is 10.5 Å². The molecule has 0 fully saturated rings. The lowest BCUT2D eigenvalue weighted by atomic mass is 10.2. The van der Waals surface area contributed by atoms with E-state index < -0.39 is 6.36 Å². The van der Waals surface area contributed by atoms with Crippen LogP contribution in [0.1, 0.15) is 5.56 Å². The zero-order valence-electron chi connectivity index (χ0n) is 7.15. The number of nitrogens with two attached hydrogens (primary N) is 1. The average molecular weight is 270 g/mol. The van der Waals surface area contributed by atoms with Crippen LogP contribution in [0, 0.1) is 6.92 Å². The molecule has 1 aromatic carbocycles. The number of nitrogen functional groups attached to an aromatic ring is 1. The van der Waals surface area contributed by atoms with Gasteiger partial charge in [-0.1, -0.05) is 0 Å². The lowest BCUT2D eigenvalue weighted by molar-refractivity contribution is -0.274. The van der Waals surface area contributed by atoms with Crippen LogP contribution in [-0.2, 0) is 0 Å². The fraction of sp³-hybridized carbons (Fsp3) is 0.250. The largest absolute Gasteiger partial charge is 0.573 e. The van der Waals surface area contributed by atoms with Crippen LogP contribution in [0.4, 0.5) is 18.9 Å². The molecule has 0 aromatic heterocycles. The summed E-state index contributed by atoms with van der Waals surface area (Å²) in [6.07, 6.45) is -4.68. The van der Waals surface area contributed by atoms with E-state index in [4.69, 9.17) is 5.73 Å². The summed E-state index contributed by atoms with van der Waals surface area (Å²) in [7, 11) is 0. The van der Waals surface area contributed by atoms with Crippen molar-refractivity contribution in [2.24, 2.45) is 0 Å². The number of hydrogen-bond donors (Lipinski definition) is 1. The van der Waals surface area contributed by atoms with Crippen LogP contribution in [0.5, 0.6) is 5.75 Å². The molecule has 0 aliphatic heterocycles. The maximum atomic E-state index is 11.8. The summed E-state index contributed by atoms with van der Waals surface area (Å²) in [5, 5.41) is 0. The Morgan fingerprint density at radius 3 is 2.36 bits per heavy atom. The average Bonchev–Trinajstić information content (AvgIpc) is 1.96.